The molecule has 0 amide bonds. The van der Waals surface area contributed by atoms with Gasteiger partial charge in [0.05, 0.1) is 7.11 Å². The molecule has 0 atom stereocenters. The molecule has 1 aromatic carbocycles. The van der Waals surface area contributed by atoms with E-state index in [1.807, 2.05) is 19.1 Å². The van der Waals surface area contributed by atoms with Crippen molar-refractivity contribution in [2.75, 3.05) is 7.11 Å². The van der Waals surface area contributed by atoms with E-state index in [1.165, 1.54) is 7.11 Å². The molecular formula is C15H15FN2O. The van der Waals surface area contributed by atoms with Crippen molar-refractivity contribution in [3.05, 3.63) is 54.0 Å². The highest BCUT2D eigenvalue weighted by molar-refractivity contribution is 5.85. The molecule has 3 nitrogen and oxygen atoms in total. The lowest BCUT2D eigenvalue weighted by molar-refractivity contribution is 0.386. The molecule has 1 heterocycles. The normalized spacial score (nSPS) is 12.1. The lowest BCUT2D eigenvalue weighted by atomic mass is 10.1. The number of aromatic amines is 1. The van der Waals surface area contributed by atoms with E-state index in [1.54, 1.807) is 36.7 Å². The molecule has 0 saturated heterocycles. The smallest absolute Gasteiger partial charge is 0.172 e. The van der Waals surface area contributed by atoms with Gasteiger partial charge in [0.15, 0.2) is 11.6 Å². The Balaban J connectivity index is 2.22. The SMILES string of the molecule is COc1cccc(/C(C)=C/C=N\c2ccc[nH]2)c1F. The molecule has 0 saturated carbocycles. The lowest BCUT2D eigenvalue weighted by Gasteiger charge is -2.06. The van der Waals surface area contributed by atoms with Crippen molar-refractivity contribution in [2.24, 2.45) is 4.99 Å². The fraction of sp³-hybridized carbons (Fsp3) is 0.133. The zero-order valence-corrected chi connectivity index (χ0v) is 10.9. The molecule has 0 aliphatic heterocycles. The van der Waals surface area contributed by atoms with Gasteiger partial charge < -0.3 is 9.72 Å². The summed E-state index contributed by atoms with van der Waals surface area (Å²) in [7, 11) is 1.45. The third-order valence-electron chi connectivity index (χ3n) is 2.73. The van der Waals surface area contributed by atoms with Crippen LogP contribution in [0.15, 0.2) is 47.6 Å². The average molecular weight is 258 g/mol. The number of hydrogen-bond acceptors (Lipinski definition) is 2. The van der Waals surface area contributed by atoms with Gasteiger partial charge in [0.2, 0.25) is 0 Å². The van der Waals surface area contributed by atoms with Crippen LogP contribution in [-0.2, 0) is 0 Å². The van der Waals surface area contributed by atoms with Crippen LogP contribution in [0, 0.1) is 5.82 Å². The van der Waals surface area contributed by atoms with E-state index in [-0.39, 0.29) is 11.6 Å². The number of nitrogens with one attached hydrogen (secondary N) is 1. The first kappa shape index (κ1) is 13.1. The van der Waals surface area contributed by atoms with Crippen molar-refractivity contribution in [1.29, 1.82) is 0 Å². The van der Waals surface area contributed by atoms with Gasteiger partial charge in [-0.3, -0.25) is 0 Å². The summed E-state index contributed by atoms with van der Waals surface area (Å²) in [5, 5.41) is 0. The van der Waals surface area contributed by atoms with Crippen LogP contribution in [0.25, 0.3) is 5.57 Å². The molecule has 0 spiro atoms. The quantitative estimate of drug-likeness (QED) is 0.828. The average Bonchev–Trinajstić information content (AvgIpc) is 2.92. The van der Waals surface area contributed by atoms with E-state index in [0.717, 1.165) is 11.4 Å². The zero-order chi connectivity index (χ0) is 13.7. The minimum absolute atomic E-state index is 0.242. The molecule has 0 aliphatic carbocycles. The van der Waals surface area contributed by atoms with Crippen molar-refractivity contribution >= 4 is 17.6 Å². The number of allylic oxidation sites excluding steroid dienone is 2. The highest BCUT2D eigenvalue weighted by atomic mass is 19.1. The Morgan fingerprint density at radius 1 is 1.32 bits per heavy atom. The molecule has 0 bridgehead atoms. The van der Waals surface area contributed by atoms with Gasteiger partial charge >= 0.3 is 0 Å². The first-order chi connectivity index (χ1) is 9.22. The molecule has 19 heavy (non-hydrogen) atoms. The predicted molar refractivity (Wildman–Crippen MR) is 75.5 cm³/mol. The predicted octanol–water partition coefficient (Wildman–Crippen LogP) is 3.97. The van der Waals surface area contributed by atoms with Crippen LogP contribution >= 0.6 is 0 Å². The molecule has 98 valence electrons. The summed E-state index contributed by atoms with van der Waals surface area (Å²) in [6, 6.07) is 8.79. The minimum Gasteiger partial charge on any atom is -0.494 e. The van der Waals surface area contributed by atoms with Crippen molar-refractivity contribution < 1.29 is 9.13 Å². The van der Waals surface area contributed by atoms with Gasteiger partial charge in [0.25, 0.3) is 0 Å². The van der Waals surface area contributed by atoms with Crippen molar-refractivity contribution in [1.82, 2.24) is 4.98 Å². The summed E-state index contributed by atoms with van der Waals surface area (Å²) in [6.07, 6.45) is 5.20. The van der Waals surface area contributed by atoms with Crippen LogP contribution in [0.3, 0.4) is 0 Å². The molecular weight excluding hydrogens is 243 g/mol. The molecule has 0 radical (unpaired) electrons. The number of benzene rings is 1. The van der Waals surface area contributed by atoms with Gasteiger partial charge in [-0.1, -0.05) is 12.1 Å². The van der Waals surface area contributed by atoms with Crippen LogP contribution in [0.2, 0.25) is 0 Å². The number of nitrogens with zero attached hydrogens (tertiary/aromatic N) is 1. The number of halogens is 1. The maximum Gasteiger partial charge on any atom is 0.172 e. The Labute approximate surface area is 111 Å². The first-order valence-corrected chi connectivity index (χ1v) is 5.89. The topological polar surface area (TPSA) is 37.4 Å². The summed E-state index contributed by atoms with van der Waals surface area (Å²) in [5.41, 5.74) is 1.30. The summed E-state index contributed by atoms with van der Waals surface area (Å²) in [5.74, 6) is 0.647. The summed E-state index contributed by atoms with van der Waals surface area (Å²) in [6.45, 7) is 1.83. The van der Waals surface area contributed by atoms with E-state index >= 15 is 0 Å². The number of aliphatic imine (C=N–C) groups is 1. The number of hydrogen-bond donors (Lipinski definition) is 1. The number of ether oxygens (including phenoxy) is 1. The van der Waals surface area contributed by atoms with Crippen molar-refractivity contribution in [3.63, 3.8) is 0 Å². The van der Waals surface area contributed by atoms with Gasteiger partial charge in [-0.15, -0.1) is 0 Å². The number of H-pyrrole nitrogens is 1. The second-order valence-corrected chi connectivity index (χ2v) is 4.01. The Kier molecular flexibility index (Phi) is 4.13. The van der Waals surface area contributed by atoms with Crippen LogP contribution < -0.4 is 4.74 Å². The molecule has 2 rings (SSSR count). The van der Waals surface area contributed by atoms with Gasteiger partial charge in [-0.2, -0.15) is 0 Å². The molecule has 0 unspecified atom stereocenters. The minimum atomic E-state index is -0.355. The summed E-state index contributed by atoms with van der Waals surface area (Å²) < 4.78 is 19.0. The molecule has 1 aromatic heterocycles. The van der Waals surface area contributed by atoms with E-state index in [0.29, 0.717) is 5.56 Å². The van der Waals surface area contributed by atoms with Gasteiger partial charge in [0, 0.05) is 18.0 Å². The van der Waals surface area contributed by atoms with Gasteiger partial charge in [-0.05, 0) is 36.8 Å². The maximum atomic E-state index is 14.0. The second kappa shape index (κ2) is 6.00. The van der Waals surface area contributed by atoms with Crippen LogP contribution in [-0.4, -0.2) is 18.3 Å². The standard InChI is InChI=1S/C15H15FN2O/c1-11(8-10-18-14-7-4-9-17-14)12-5-3-6-13(19-2)15(12)16/h3-10,17H,1-2H3/b11-8+,18-10-. The van der Waals surface area contributed by atoms with Gasteiger partial charge in [0.1, 0.15) is 5.82 Å². The van der Waals surface area contributed by atoms with Crippen molar-refractivity contribution in [3.8, 4) is 5.75 Å². The Hall–Kier alpha value is -2.36. The van der Waals surface area contributed by atoms with Crippen molar-refractivity contribution in [2.45, 2.75) is 6.92 Å². The molecule has 0 aliphatic rings. The first-order valence-electron chi connectivity index (χ1n) is 5.89. The molecule has 4 heteroatoms. The van der Waals surface area contributed by atoms with Crippen LogP contribution in [0.4, 0.5) is 10.2 Å². The monoisotopic (exact) mass is 258 g/mol. The van der Waals surface area contributed by atoms with Crippen LogP contribution in [0.5, 0.6) is 5.75 Å². The molecule has 0 fully saturated rings. The fourth-order valence-corrected chi connectivity index (χ4v) is 1.69. The summed E-state index contributed by atoms with van der Waals surface area (Å²) in [4.78, 5) is 7.15. The second-order valence-electron chi connectivity index (χ2n) is 4.01. The van der Waals surface area contributed by atoms with Crippen LogP contribution in [0.1, 0.15) is 12.5 Å². The Morgan fingerprint density at radius 2 is 2.16 bits per heavy atom. The number of methoxy groups -OCH3 is 1. The number of rotatable bonds is 4. The number of aromatic nitrogens is 1. The molecule has 1 N–H and O–H groups in total. The third kappa shape index (κ3) is 3.10. The fourth-order valence-electron chi connectivity index (χ4n) is 1.69. The summed E-state index contributed by atoms with van der Waals surface area (Å²) >= 11 is 0. The molecule has 2 aromatic rings. The largest absolute Gasteiger partial charge is 0.494 e. The van der Waals surface area contributed by atoms with E-state index < -0.39 is 0 Å². The zero-order valence-electron chi connectivity index (χ0n) is 10.9. The van der Waals surface area contributed by atoms with E-state index in [2.05, 4.69) is 9.98 Å². The Bertz CT molecular complexity index is 601. The highest BCUT2D eigenvalue weighted by Crippen LogP contribution is 2.25. The third-order valence-corrected chi connectivity index (χ3v) is 2.73. The van der Waals surface area contributed by atoms with E-state index in [9.17, 15) is 4.39 Å². The van der Waals surface area contributed by atoms with E-state index in [4.69, 9.17) is 4.74 Å². The lowest BCUT2D eigenvalue weighted by Crippen LogP contribution is -1.93. The Morgan fingerprint density at radius 3 is 2.84 bits per heavy atom. The van der Waals surface area contributed by atoms with Gasteiger partial charge in [-0.25, -0.2) is 9.38 Å². The maximum absolute atomic E-state index is 14.0. The highest BCUT2D eigenvalue weighted by Gasteiger charge is 2.08.